The Bertz CT molecular complexity index is 803. The Morgan fingerprint density at radius 2 is 1.67 bits per heavy atom. The van der Waals surface area contributed by atoms with Crippen LogP contribution in [0.1, 0.15) is 19.4 Å². The lowest BCUT2D eigenvalue weighted by Gasteiger charge is -2.26. The van der Waals surface area contributed by atoms with E-state index in [2.05, 4.69) is 5.32 Å². The molecule has 0 atom stereocenters. The number of carbonyl (C=O) groups excluding carboxylic acids is 2. The minimum absolute atomic E-state index is 0.00707. The molecule has 0 unspecified atom stereocenters. The van der Waals surface area contributed by atoms with E-state index in [9.17, 15) is 18.0 Å². The van der Waals surface area contributed by atoms with Crippen molar-refractivity contribution < 1.29 is 22.7 Å². The average Bonchev–Trinajstić information content (AvgIpc) is 2.74. The molecule has 1 N–H and O–H groups in total. The Morgan fingerprint density at radius 1 is 1.07 bits per heavy atom. The van der Waals surface area contributed by atoms with Gasteiger partial charge in [0.2, 0.25) is 21.8 Å². The van der Waals surface area contributed by atoms with E-state index < -0.39 is 10.0 Å². The van der Waals surface area contributed by atoms with Crippen molar-refractivity contribution in [3.8, 4) is 0 Å². The number of benzene rings is 1. The summed E-state index contributed by atoms with van der Waals surface area (Å²) in [4.78, 5) is 27.9. The van der Waals surface area contributed by atoms with Gasteiger partial charge in [-0.3, -0.25) is 14.5 Å². The molecule has 2 rings (SSSR count). The molecule has 1 heterocycles. The van der Waals surface area contributed by atoms with E-state index in [1.54, 1.807) is 41.1 Å². The molecule has 1 saturated heterocycles. The topological polar surface area (TPSA) is 99.3 Å². The summed E-state index contributed by atoms with van der Waals surface area (Å²) in [6.07, 6.45) is 0. The Balaban J connectivity index is 1.83. The third-order valence-corrected chi connectivity index (χ3v) is 6.87. The van der Waals surface area contributed by atoms with E-state index in [-0.39, 0.29) is 36.3 Å². The highest BCUT2D eigenvalue weighted by Gasteiger charge is 2.26. The summed E-state index contributed by atoms with van der Waals surface area (Å²) in [6.45, 7) is 7.22. The van der Waals surface area contributed by atoms with Gasteiger partial charge in [0.1, 0.15) is 0 Å². The van der Waals surface area contributed by atoms with Gasteiger partial charge < -0.3 is 15.0 Å². The molecule has 0 radical (unpaired) electrons. The highest BCUT2D eigenvalue weighted by molar-refractivity contribution is 7.89. The maximum Gasteiger partial charge on any atom is 0.243 e. The van der Waals surface area contributed by atoms with Crippen LogP contribution in [0.4, 0.5) is 0 Å². The van der Waals surface area contributed by atoms with Gasteiger partial charge in [0.15, 0.2) is 0 Å². The zero-order valence-corrected chi connectivity index (χ0v) is 18.8. The largest absolute Gasteiger partial charge is 0.379 e. The van der Waals surface area contributed by atoms with Crippen molar-refractivity contribution in [1.82, 2.24) is 19.4 Å². The molecule has 1 aliphatic heterocycles. The van der Waals surface area contributed by atoms with E-state index in [0.717, 1.165) is 5.56 Å². The number of nitrogens with zero attached hydrogens (tertiary/aromatic N) is 3. The fourth-order valence-corrected chi connectivity index (χ4v) is 4.59. The van der Waals surface area contributed by atoms with Crippen LogP contribution in [-0.4, -0.2) is 93.9 Å². The second-order valence-corrected chi connectivity index (χ2v) is 9.11. The predicted octanol–water partition coefficient (Wildman–Crippen LogP) is 0.124. The van der Waals surface area contributed by atoms with Crippen LogP contribution >= 0.6 is 0 Å². The SMILES string of the molecule is CCN(CC)C(=O)CN(C)CC(=O)NCc1ccc(S(=O)(=O)N2CCOCC2)cc1. The summed E-state index contributed by atoms with van der Waals surface area (Å²) in [5.74, 6) is -0.206. The molecule has 168 valence electrons. The van der Waals surface area contributed by atoms with Crippen molar-refractivity contribution in [1.29, 1.82) is 0 Å². The molecule has 10 heteroatoms. The highest BCUT2D eigenvalue weighted by Crippen LogP contribution is 2.17. The Kier molecular flexibility index (Phi) is 9.22. The predicted molar refractivity (Wildman–Crippen MR) is 113 cm³/mol. The molecule has 0 spiro atoms. The van der Waals surface area contributed by atoms with Gasteiger partial charge in [0.25, 0.3) is 0 Å². The lowest BCUT2D eigenvalue weighted by molar-refractivity contribution is -0.132. The van der Waals surface area contributed by atoms with Crippen LogP contribution in [0, 0.1) is 0 Å². The minimum Gasteiger partial charge on any atom is -0.379 e. The van der Waals surface area contributed by atoms with Gasteiger partial charge in [-0.2, -0.15) is 4.31 Å². The second-order valence-electron chi connectivity index (χ2n) is 7.18. The number of rotatable bonds is 10. The fraction of sp³-hybridized carbons (Fsp3) is 0.600. The number of hydrogen-bond donors (Lipinski definition) is 1. The first kappa shape index (κ1) is 24.3. The van der Waals surface area contributed by atoms with Crippen LogP contribution in [0.3, 0.4) is 0 Å². The first-order chi connectivity index (χ1) is 14.3. The van der Waals surface area contributed by atoms with E-state index in [1.165, 1.54) is 4.31 Å². The monoisotopic (exact) mass is 440 g/mol. The summed E-state index contributed by atoms with van der Waals surface area (Å²) in [5, 5.41) is 2.80. The molecular weight excluding hydrogens is 408 g/mol. The van der Waals surface area contributed by atoms with E-state index in [4.69, 9.17) is 4.74 Å². The number of morpholine rings is 1. The van der Waals surface area contributed by atoms with Gasteiger partial charge in [-0.15, -0.1) is 0 Å². The number of nitrogens with one attached hydrogen (secondary N) is 1. The molecule has 30 heavy (non-hydrogen) atoms. The van der Waals surface area contributed by atoms with Gasteiger partial charge in [-0.05, 0) is 38.6 Å². The quantitative estimate of drug-likeness (QED) is 0.555. The Morgan fingerprint density at radius 3 is 2.23 bits per heavy atom. The van der Waals surface area contributed by atoms with E-state index >= 15 is 0 Å². The lowest BCUT2D eigenvalue weighted by Crippen LogP contribution is -2.42. The van der Waals surface area contributed by atoms with Crippen LogP contribution in [0.15, 0.2) is 29.2 Å². The van der Waals surface area contributed by atoms with Crippen molar-refractivity contribution in [2.45, 2.75) is 25.3 Å². The first-order valence-electron chi connectivity index (χ1n) is 10.2. The van der Waals surface area contributed by atoms with Crippen molar-refractivity contribution >= 4 is 21.8 Å². The maximum absolute atomic E-state index is 12.6. The fourth-order valence-electron chi connectivity index (χ4n) is 3.18. The molecule has 0 aromatic heterocycles. The van der Waals surface area contributed by atoms with E-state index in [0.29, 0.717) is 39.4 Å². The third-order valence-electron chi connectivity index (χ3n) is 4.96. The smallest absolute Gasteiger partial charge is 0.243 e. The number of ether oxygens (including phenoxy) is 1. The second kappa shape index (κ2) is 11.4. The summed E-state index contributed by atoms with van der Waals surface area (Å²) < 4.78 is 31.9. The van der Waals surface area contributed by atoms with E-state index in [1.807, 2.05) is 13.8 Å². The number of sulfonamides is 1. The lowest BCUT2D eigenvalue weighted by atomic mass is 10.2. The van der Waals surface area contributed by atoms with Crippen LogP contribution in [0.25, 0.3) is 0 Å². The van der Waals surface area contributed by atoms with Gasteiger partial charge in [-0.1, -0.05) is 12.1 Å². The van der Waals surface area contributed by atoms with Crippen LogP contribution in [-0.2, 0) is 30.9 Å². The van der Waals surface area contributed by atoms with Crippen LogP contribution in [0.2, 0.25) is 0 Å². The molecule has 9 nitrogen and oxygen atoms in total. The molecular formula is C20H32N4O5S. The number of amides is 2. The van der Waals surface area contributed by atoms with Crippen molar-refractivity contribution in [3.63, 3.8) is 0 Å². The summed E-state index contributed by atoms with van der Waals surface area (Å²) in [6, 6.07) is 6.50. The minimum atomic E-state index is -3.53. The van der Waals surface area contributed by atoms with Gasteiger partial charge in [0, 0.05) is 32.7 Å². The zero-order chi connectivity index (χ0) is 22.1. The van der Waals surface area contributed by atoms with Gasteiger partial charge in [0.05, 0.1) is 31.2 Å². The van der Waals surface area contributed by atoms with Gasteiger partial charge >= 0.3 is 0 Å². The van der Waals surface area contributed by atoms with Crippen LogP contribution < -0.4 is 5.32 Å². The normalized spacial score (nSPS) is 15.2. The summed E-state index contributed by atoms with van der Waals surface area (Å²) in [5.41, 5.74) is 0.797. The number of likely N-dealkylation sites (N-methyl/N-ethyl adjacent to an activating group) is 2. The summed E-state index contributed by atoms with van der Waals surface area (Å²) >= 11 is 0. The van der Waals surface area contributed by atoms with Crippen molar-refractivity contribution in [3.05, 3.63) is 29.8 Å². The summed E-state index contributed by atoms with van der Waals surface area (Å²) in [7, 11) is -1.80. The maximum atomic E-state index is 12.6. The third kappa shape index (κ3) is 6.76. The van der Waals surface area contributed by atoms with Crippen molar-refractivity contribution in [2.75, 3.05) is 59.5 Å². The molecule has 1 fully saturated rings. The van der Waals surface area contributed by atoms with Crippen molar-refractivity contribution in [2.24, 2.45) is 0 Å². The van der Waals surface area contributed by atoms with Gasteiger partial charge in [-0.25, -0.2) is 8.42 Å². The molecule has 1 aliphatic rings. The first-order valence-corrected chi connectivity index (χ1v) is 11.6. The zero-order valence-electron chi connectivity index (χ0n) is 18.0. The Hall–Kier alpha value is -2.01. The highest BCUT2D eigenvalue weighted by atomic mass is 32.2. The molecule has 1 aromatic rings. The van der Waals surface area contributed by atoms with Crippen LogP contribution in [0.5, 0.6) is 0 Å². The standard InChI is InChI=1S/C20H32N4O5S/c1-4-23(5-2)20(26)16-22(3)15-19(25)21-14-17-6-8-18(9-7-17)30(27,28)24-10-12-29-13-11-24/h6-9H,4-5,10-16H2,1-3H3,(H,21,25). The molecule has 0 bridgehead atoms. The molecule has 1 aromatic carbocycles. The molecule has 0 aliphatic carbocycles. The number of carbonyl (C=O) groups is 2. The molecule has 2 amide bonds. The average molecular weight is 441 g/mol. The number of hydrogen-bond acceptors (Lipinski definition) is 6. The Labute approximate surface area is 179 Å². The molecule has 0 saturated carbocycles.